The van der Waals surface area contributed by atoms with Crippen LogP contribution in [0.5, 0.6) is 11.5 Å². The molecule has 4 heteroatoms. The van der Waals surface area contributed by atoms with Crippen LogP contribution in [0.2, 0.25) is 0 Å². The fourth-order valence-electron chi connectivity index (χ4n) is 1.29. The fraction of sp³-hybridized carbons (Fsp3) is 0.200. The first-order valence-corrected chi connectivity index (χ1v) is 4.91. The van der Waals surface area contributed by atoms with Crippen LogP contribution in [0.3, 0.4) is 0 Å². The van der Waals surface area contributed by atoms with Gasteiger partial charge >= 0.3 is 0 Å². The molecule has 2 rings (SSSR count). The van der Waals surface area contributed by atoms with Crippen molar-refractivity contribution in [2.75, 3.05) is 6.79 Å². The highest BCUT2D eigenvalue weighted by Crippen LogP contribution is 2.39. The van der Waals surface area contributed by atoms with Crippen molar-refractivity contribution in [3.05, 3.63) is 34.8 Å². The molecule has 1 aromatic carbocycles. The Hall–Kier alpha value is -1.00. The van der Waals surface area contributed by atoms with Gasteiger partial charge in [0.25, 0.3) is 0 Å². The van der Waals surface area contributed by atoms with E-state index in [1.54, 1.807) is 12.1 Å². The number of halogens is 1. The van der Waals surface area contributed by atoms with Crippen molar-refractivity contribution in [3.8, 4) is 11.5 Å². The Morgan fingerprint density at radius 3 is 2.71 bits per heavy atom. The summed E-state index contributed by atoms with van der Waals surface area (Å²) in [6, 6.07) is 3.53. The van der Waals surface area contributed by atoms with Gasteiger partial charge in [-0.25, -0.2) is 0 Å². The lowest BCUT2D eigenvalue weighted by Crippen LogP contribution is -1.94. The highest BCUT2D eigenvalue weighted by molar-refractivity contribution is 9.10. The van der Waals surface area contributed by atoms with E-state index in [9.17, 15) is 5.11 Å². The smallest absolute Gasteiger partial charge is 0.231 e. The molecule has 1 aromatic rings. The van der Waals surface area contributed by atoms with Crippen molar-refractivity contribution in [2.24, 2.45) is 0 Å². The van der Waals surface area contributed by atoms with E-state index in [0.717, 1.165) is 10.0 Å². The van der Waals surface area contributed by atoms with E-state index in [1.165, 1.54) is 6.08 Å². The highest BCUT2D eigenvalue weighted by atomic mass is 79.9. The van der Waals surface area contributed by atoms with E-state index in [4.69, 9.17) is 9.47 Å². The van der Waals surface area contributed by atoms with Crippen molar-refractivity contribution in [2.45, 2.75) is 6.10 Å². The number of hydrogen-bond acceptors (Lipinski definition) is 3. The molecule has 0 aromatic heterocycles. The Bertz CT molecular complexity index is 376. The first kappa shape index (κ1) is 9.55. The Morgan fingerprint density at radius 2 is 2.07 bits per heavy atom. The summed E-state index contributed by atoms with van der Waals surface area (Å²) in [6.07, 6.45) is 0.765. The third kappa shape index (κ3) is 1.51. The van der Waals surface area contributed by atoms with Crippen molar-refractivity contribution < 1.29 is 14.6 Å². The number of aliphatic hydroxyl groups is 1. The van der Waals surface area contributed by atoms with Crippen LogP contribution in [-0.4, -0.2) is 11.9 Å². The lowest BCUT2D eigenvalue weighted by molar-refractivity contribution is 0.173. The van der Waals surface area contributed by atoms with E-state index in [0.29, 0.717) is 11.5 Å². The summed E-state index contributed by atoms with van der Waals surface area (Å²) in [6.45, 7) is 3.76. The molecule has 0 radical (unpaired) electrons. The van der Waals surface area contributed by atoms with E-state index in [2.05, 4.69) is 22.5 Å². The molecular weight excluding hydrogens is 248 g/mol. The molecule has 0 aliphatic carbocycles. The van der Waals surface area contributed by atoms with Gasteiger partial charge < -0.3 is 14.6 Å². The molecule has 0 saturated heterocycles. The standard InChI is InChI=1S/C10H9BrO3/c1-2-8(12)6-3-9-10(4-7(6)11)14-5-13-9/h2-4,8,12H,1,5H2/t8-/m0/s1. The largest absolute Gasteiger partial charge is 0.454 e. The van der Waals surface area contributed by atoms with Crippen LogP contribution >= 0.6 is 15.9 Å². The van der Waals surface area contributed by atoms with Crippen LogP contribution in [0.1, 0.15) is 11.7 Å². The van der Waals surface area contributed by atoms with Gasteiger partial charge in [0.15, 0.2) is 11.5 Å². The second-order valence-corrected chi connectivity index (χ2v) is 3.76. The van der Waals surface area contributed by atoms with E-state index in [-0.39, 0.29) is 6.79 Å². The molecule has 1 N–H and O–H groups in total. The van der Waals surface area contributed by atoms with Crippen LogP contribution in [-0.2, 0) is 0 Å². The molecule has 1 atom stereocenters. The van der Waals surface area contributed by atoms with Crippen molar-refractivity contribution >= 4 is 15.9 Å². The number of benzene rings is 1. The van der Waals surface area contributed by atoms with Crippen LogP contribution in [0, 0.1) is 0 Å². The molecule has 0 unspecified atom stereocenters. The zero-order chi connectivity index (χ0) is 10.1. The summed E-state index contributed by atoms with van der Waals surface area (Å²) in [4.78, 5) is 0. The molecule has 0 amide bonds. The molecule has 0 fully saturated rings. The second kappa shape index (κ2) is 3.63. The minimum absolute atomic E-state index is 0.232. The topological polar surface area (TPSA) is 38.7 Å². The molecule has 3 nitrogen and oxygen atoms in total. The summed E-state index contributed by atoms with van der Waals surface area (Å²) < 4.78 is 11.2. The maximum Gasteiger partial charge on any atom is 0.231 e. The highest BCUT2D eigenvalue weighted by Gasteiger charge is 2.18. The molecule has 74 valence electrons. The van der Waals surface area contributed by atoms with Crippen LogP contribution < -0.4 is 9.47 Å². The predicted octanol–water partition coefficient (Wildman–Crippen LogP) is 2.40. The second-order valence-electron chi connectivity index (χ2n) is 2.91. The van der Waals surface area contributed by atoms with E-state index < -0.39 is 6.10 Å². The van der Waals surface area contributed by atoms with Gasteiger partial charge in [-0.05, 0) is 12.1 Å². The fourth-order valence-corrected chi connectivity index (χ4v) is 1.84. The Morgan fingerprint density at radius 1 is 1.43 bits per heavy atom. The lowest BCUT2D eigenvalue weighted by Gasteiger charge is -2.09. The van der Waals surface area contributed by atoms with Gasteiger partial charge in [-0.1, -0.05) is 22.0 Å². The van der Waals surface area contributed by atoms with Crippen molar-refractivity contribution in [3.63, 3.8) is 0 Å². The first-order chi connectivity index (χ1) is 6.72. The average Bonchev–Trinajstić information content (AvgIpc) is 2.62. The zero-order valence-corrected chi connectivity index (χ0v) is 8.95. The normalized spacial score (nSPS) is 15.3. The van der Waals surface area contributed by atoms with Gasteiger partial charge in [-0.15, -0.1) is 6.58 Å². The molecule has 0 spiro atoms. The molecular formula is C10H9BrO3. The molecule has 1 heterocycles. The van der Waals surface area contributed by atoms with Gasteiger partial charge in [0.05, 0.1) is 6.10 Å². The zero-order valence-electron chi connectivity index (χ0n) is 7.37. The summed E-state index contributed by atoms with van der Waals surface area (Å²) in [5.41, 5.74) is 0.726. The van der Waals surface area contributed by atoms with Gasteiger partial charge in [-0.3, -0.25) is 0 Å². The van der Waals surface area contributed by atoms with Crippen LogP contribution in [0.25, 0.3) is 0 Å². The summed E-state index contributed by atoms with van der Waals surface area (Å²) >= 11 is 3.35. The SMILES string of the molecule is C=C[C@H](O)c1cc2c(cc1Br)OCO2. The third-order valence-corrected chi connectivity index (χ3v) is 2.72. The summed E-state index contributed by atoms with van der Waals surface area (Å²) in [5, 5.41) is 9.60. The van der Waals surface area contributed by atoms with Crippen LogP contribution in [0.15, 0.2) is 29.3 Å². The number of aliphatic hydroxyl groups excluding tert-OH is 1. The van der Waals surface area contributed by atoms with Gasteiger partial charge in [0, 0.05) is 10.0 Å². The molecule has 0 bridgehead atoms. The molecule has 1 aliphatic rings. The van der Waals surface area contributed by atoms with E-state index in [1.807, 2.05) is 0 Å². The first-order valence-electron chi connectivity index (χ1n) is 4.12. The third-order valence-electron chi connectivity index (χ3n) is 2.03. The maximum atomic E-state index is 9.60. The Kier molecular flexibility index (Phi) is 2.48. The predicted molar refractivity (Wildman–Crippen MR) is 55.4 cm³/mol. The number of hydrogen-bond donors (Lipinski definition) is 1. The molecule has 14 heavy (non-hydrogen) atoms. The lowest BCUT2D eigenvalue weighted by atomic mass is 10.1. The Labute approximate surface area is 90.1 Å². The molecule has 1 aliphatic heterocycles. The van der Waals surface area contributed by atoms with Gasteiger partial charge in [-0.2, -0.15) is 0 Å². The summed E-state index contributed by atoms with van der Waals surface area (Å²) in [5.74, 6) is 1.35. The van der Waals surface area contributed by atoms with Gasteiger partial charge in [0.2, 0.25) is 6.79 Å². The van der Waals surface area contributed by atoms with Crippen LogP contribution in [0.4, 0.5) is 0 Å². The molecule has 0 saturated carbocycles. The minimum atomic E-state index is -0.695. The van der Waals surface area contributed by atoms with Crippen molar-refractivity contribution in [1.82, 2.24) is 0 Å². The number of fused-ring (bicyclic) bond motifs is 1. The number of ether oxygens (including phenoxy) is 2. The quantitative estimate of drug-likeness (QED) is 0.827. The monoisotopic (exact) mass is 256 g/mol. The Balaban J connectivity index is 2.47. The number of rotatable bonds is 2. The minimum Gasteiger partial charge on any atom is -0.454 e. The maximum absolute atomic E-state index is 9.60. The summed E-state index contributed by atoms with van der Waals surface area (Å²) in [7, 11) is 0. The van der Waals surface area contributed by atoms with E-state index >= 15 is 0 Å². The average molecular weight is 257 g/mol. The van der Waals surface area contributed by atoms with Gasteiger partial charge in [0.1, 0.15) is 0 Å². The van der Waals surface area contributed by atoms with Crippen molar-refractivity contribution in [1.29, 1.82) is 0 Å².